The van der Waals surface area contributed by atoms with Gasteiger partial charge >= 0.3 is 0 Å². The number of benzene rings is 2. The molecule has 1 amide bonds. The lowest BCUT2D eigenvalue weighted by molar-refractivity contribution is 0.0753. The van der Waals surface area contributed by atoms with Gasteiger partial charge in [0.1, 0.15) is 17.3 Å². The molecule has 3 aromatic rings. The third-order valence-electron chi connectivity index (χ3n) is 4.14. The maximum atomic E-state index is 13.0. The molecule has 0 saturated heterocycles. The van der Waals surface area contributed by atoms with E-state index in [1.807, 2.05) is 25.1 Å². The molecule has 5 heteroatoms. The SMILES string of the molecule is COc1ccc(C)cc1CN(C)C(=O)c1ccc(-c2ccc(F)cc2)o1. The minimum absolute atomic E-state index is 0.234. The van der Waals surface area contributed by atoms with E-state index in [2.05, 4.69) is 0 Å². The Hall–Kier alpha value is -3.08. The van der Waals surface area contributed by atoms with Crippen molar-refractivity contribution in [2.75, 3.05) is 14.2 Å². The van der Waals surface area contributed by atoms with Gasteiger partial charge in [-0.05, 0) is 49.4 Å². The van der Waals surface area contributed by atoms with Gasteiger partial charge in [0.25, 0.3) is 5.91 Å². The lowest BCUT2D eigenvalue weighted by atomic mass is 10.1. The monoisotopic (exact) mass is 353 g/mol. The van der Waals surface area contributed by atoms with Gasteiger partial charge in [0, 0.05) is 24.7 Å². The number of carbonyl (C=O) groups excluding carboxylic acids is 1. The fourth-order valence-corrected chi connectivity index (χ4v) is 2.77. The summed E-state index contributed by atoms with van der Waals surface area (Å²) in [7, 11) is 3.32. The van der Waals surface area contributed by atoms with E-state index >= 15 is 0 Å². The predicted molar refractivity (Wildman–Crippen MR) is 97.6 cm³/mol. The summed E-state index contributed by atoms with van der Waals surface area (Å²) < 4.78 is 24.1. The number of ether oxygens (including phenoxy) is 1. The van der Waals surface area contributed by atoms with Crippen LogP contribution < -0.4 is 4.74 Å². The summed E-state index contributed by atoms with van der Waals surface area (Å²) in [5.41, 5.74) is 2.74. The molecular formula is C21H20FNO3. The van der Waals surface area contributed by atoms with Crippen LogP contribution in [-0.4, -0.2) is 25.0 Å². The number of carbonyl (C=O) groups is 1. The standard InChI is InChI=1S/C21H20FNO3/c1-14-4-9-18(25-3)16(12-14)13-23(2)21(24)20-11-10-19(26-20)15-5-7-17(22)8-6-15/h4-12H,13H2,1-3H3. The maximum absolute atomic E-state index is 13.0. The lowest BCUT2D eigenvalue weighted by Gasteiger charge is -2.18. The molecular weight excluding hydrogens is 333 g/mol. The van der Waals surface area contributed by atoms with E-state index < -0.39 is 0 Å². The van der Waals surface area contributed by atoms with Crippen LogP contribution in [0.25, 0.3) is 11.3 Å². The molecule has 0 fully saturated rings. The Morgan fingerprint density at radius 2 is 1.85 bits per heavy atom. The van der Waals surface area contributed by atoms with Gasteiger partial charge in [-0.1, -0.05) is 17.7 Å². The molecule has 0 saturated carbocycles. The van der Waals surface area contributed by atoms with Gasteiger partial charge in [0.05, 0.1) is 7.11 Å². The summed E-state index contributed by atoms with van der Waals surface area (Å²) in [5, 5.41) is 0. The highest BCUT2D eigenvalue weighted by molar-refractivity contribution is 5.92. The van der Waals surface area contributed by atoms with Crippen molar-refractivity contribution in [2.45, 2.75) is 13.5 Å². The van der Waals surface area contributed by atoms with Crippen molar-refractivity contribution < 1.29 is 18.3 Å². The molecule has 0 aliphatic carbocycles. The summed E-state index contributed by atoms with van der Waals surface area (Å²) in [6, 6.07) is 15.1. The highest BCUT2D eigenvalue weighted by atomic mass is 19.1. The molecule has 0 radical (unpaired) electrons. The number of rotatable bonds is 5. The molecule has 0 spiro atoms. The van der Waals surface area contributed by atoms with Crippen molar-refractivity contribution in [2.24, 2.45) is 0 Å². The molecule has 1 heterocycles. The first-order valence-electron chi connectivity index (χ1n) is 8.22. The zero-order valence-electron chi connectivity index (χ0n) is 15.0. The average molecular weight is 353 g/mol. The van der Waals surface area contributed by atoms with E-state index in [-0.39, 0.29) is 17.5 Å². The van der Waals surface area contributed by atoms with Gasteiger partial charge in [-0.2, -0.15) is 0 Å². The molecule has 4 nitrogen and oxygen atoms in total. The Bertz CT molecular complexity index is 915. The average Bonchev–Trinajstić information content (AvgIpc) is 3.12. The molecule has 0 aliphatic heterocycles. The van der Waals surface area contributed by atoms with Gasteiger partial charge in [0.15, 0.2) is 5.76 Å². The summed E-state index contributed by atoms with van der Waals surface area (Å²) in [5.74, 6) is 0.945. The quantitative estimate of drug-likeness (QED) is 0.669. The van der Waals surface area contributed by atoms with E-state index in [4.69, 9.17) is 9.15 Å². The van der Waals surface area contributed by atoms with Crippen LogP contribution in [-0.2, 0) is 6.54 Å². The normalized spacial score (nSPS) is 10.6. The lowest BCUT2D eigenvalue weighted by Crippen LogP contribution is -2.26. The minimum atomic E-state index is -0.316. The van der Waals surface area contributed by atoms with Crippen molar-refractivity contribution in [1.29, 1.82) is 0 Å². The summed E-state index contributed by atoms with van der Waals surface area (Å²) >= 11 is 0. The van der Waals surface area contributed by atoms with Crippen LogP contribution in [0, 0.1) is 12.7 Å². The minimum Gasteiger partial charge on any atom is -0.496 e. The van der Waals surface area contributed by atoms with Crippen LogP contribution >= 0.6 is 0 Å². The Labute approximate surface area is 151 Å². The topological polar surface area (TPSA) is 42.7 Å². The number of hydrogen-bond donors (Lipinski definition) is 0. The Morgan fingerprint density at radius 1 is 1.12 bits per heavy atom. The van der Waals surface area contributed by atoms with Crippen molar-refractivity contribution in [3.63, 3.8) is 0 Å². The van der Waals surface area contributed by atoms with E-state index in [1.165, 1.54) is 12.1 Å². The van der Waals surface area contributed by atoms with Crippen molar-refractivity contribution in [3.05, 3.63) is 77.3 Å². The maximum Gasteiger partial charge on any atom is 0.289 e. The predicted octanol–water partition coefficient (Wildman–Crippen LogP) is 4.67. The number of aryl methyl sites for hydroxylation is 1. The molecule has 0 bridgehead atoms. The van der Waals surface area contributed by atoms with E-state index in [0.29, 0.717) is 17.9 Å². The second kappa shape index (κ2) is 7.44. The first-order valence-corrected chi connectivity index (χ1v) is 8.22. The number of hydrogen-bond acceptors (Lipinski definition) is 3. The third-order valence-corrected chi connectivity index (χ3v) is 4.14. The van der Waals surface area contributed by atoms with Gasteiger partial charge in [0.2, 0.25) is 0 Å². The molecule has 1 aromatic heterocycles. The molecule has 0 aliphatic rings. The molecule has 134 valence electrons. The molecule has 2 aromatic carbocycles. The largest absolute Gasteiger partial charge is 0.496 e. The first-order chi connectivity index (χ1) is 12.5. The van der Waals surface area contributed by atoms with Crippen LogP contribution in [0.3, 0.4) is 0 Å². The van der Waals surface area contributed by atoms with Crippen LogP contribution in [0.1, 0.15) is 21.7 Å². The summed E-state index contributed by atoms with van der Waals surface area (Å²) in [6.45, 7) is 2.39. The molecule has 0 N–H and O–H groups in total. The van der Waals surface area contributed by atoms with E-state index in [1.54, 1.807) is 43.3 Å². The van der Waals surface area contributed by atoms with Crippen LogP contribution in [0.4, 0.5) is 4.39 Å². The molecule has 3 rings (SSSR count). The van der Waals surface area contributed by atoms with Gasteiger partial charge in [-0.25, -0.2) is 4.39 Å². The van der Waals surface area contributed by atoms with E-state index in [9.17, 15) is 9.18 Å². The molecule has 0 unspecified atom stereocenters. The number of amides is 1. The van der Waals surface area contributed by atoms with Crippen LogP contribution in [0.5, 0.6) is 5.75 Å². The smallest absolute Gasteiger partial charge is 0.289 e. The second-order valence-electron chi connectivity index (χ2n) is 6.15. The van der Waals surface area contributed by atoms with Crippen molar-refractivity contribution in [1.82, 2.24) is 4.90 Å². The van der Waals surface area contributed by atoms with Crippen LogP contribution in [0.2, 0.25) is 0 Å². The highest BCUT2D eigenvalue weighted by Crippen LogP contribution is 2.25. The number of furan rings is 1. The molecule has 26 heavy (non-hydrogen) atoms. The van der Waals surface area contributed by atoms with E-state index in [0.717, 1.165) is 16.9 Å². The van der Waals surface area contributed by atoms with Gasteiger partial charge < -0.3 is 14.1 Å². The zero-order valence-corrected chi connectivity index (χ0v) is 15.0. The van der Waals surface area contributed by atoms with Crippen LogP contribution in [0.15, 0.2) is 59.0 Å². The number of halogens is 1. The Morgan fingerprint density at radius 3 is 2.54 bits per heavy atom. The highest BCUT2D eigenvalue weighted by Gasteiger charge is 2.18. The summed E-state index contributed by atoms with van der Waals surface area (Å²) in [6.07, 6.45) is 0. The first kappa shape index (κ1) is 17.7. The fourth-order valence-electron chi connectivity index (χ4n) is 2.77. The number of methoxy groups -OCH3 is 1. The second-order valence-corrected chi connectivity index (χ2v) is 6.15. The third kappa shape index (κ3) is 3.77. The zero-order chi connectivity index (χ0) is 18.7. The van der Waals surface area contributed by atoms with Crippen molar-refractivity contribution in [3.8, 4) is 17.1 Å². The van der Waals surface area contributed by atoms with Gasteiger partial charge in [-0.3, -0.25) is 4.79 Å². The Balaban J connectivity index is 1.77. The summed E-state index contributed by atoms with van der Waals surface area (Å²) in [4.78, 5) is 14.2. The Kier molecular flexibility index (Phi) is 5.07. The fraction of sp³-hybridized carbons (Fsp3) is 0.190. The number of nitrogens with zero attached hydrogens (tertiary/aromatic N) is 1. The van der Waals surface area contributed by atoms with Gasteiger partial charge in [-0.15, -0.1) is 0 Å². The van der Waals surface area contributed by atoms with Crippen molar-refractivity contribution >= 4 is 5.91 Å². The molecule has 0 atom stereocenters.